The van der Waals surface area contributed by atoms with Gasteiger partial charge in [0.05, 0.1) is 22.4 Å². The fourth-order valence-electron chi connectivity index (χ4n) is 2.51. The van der Waals surface area contributed by atoms with E-state index in [0.717, 1.165) is 31.4 Å². The second kappa shape index (κ2) is 6.83. The molecule has 1 N–H and O–H groups in total. The second-order valence-electron chi connectivity index (χ2n) is 5.17. The Morgan fingerprint density at radius 2 is 2.19 bits per heavy atom. The maximum Gasteiger partial charge on any atom is 0.0958 e. The lowest BCUT2D eigenvalue weighted by Gasteiger charge is -2.18. The van der Waals surface area contributed by atoms with Crippen LogP contribution in [0.2, 0.25) is 0 Å². The quantitative estimate of drug-likeness (QED) is 0.729. The van der Waals surface area contributed by atoms with Crippen LogP contribution in [0.1, 0.15) is 18.4 Å². The molecule has 0 aliphatic heterocycles. The van der Waals surface area contributed by atoms with E-state index >= 15 is 0 Å². The van der Waals surface area contributed by atoms with Gasteiger partial charge in [-0.15, -0.1) is 11.3 Å². The fourth-order valence-corrected chi connectivity index (χ4v) is 3.21. The first-order chi connectivity index (χ1) is 10.4. The molecular formula is C16H20N4S. The van der Waals surface area contributed by atoms with Gasteiger partial charge in [-0.3, -0.25) is 0 Å². The summed E-state index contributed by atoms with van der Waals surface area (Å²) in [6.07, 6.45) is 5.92. The molecule has 1 unspecified atom stereocenters. The Hall–Kier alpha value is -1.72. The second-order valence-corrected chi connectivity index (χ2v) is 6.15. The van der Waals surface area contributed by atoms with Crippen LogP contribution < -0.4 is 5.32 Å². The van der Waals surface area contributed by atoms with Gasteiger partial charge in [0, 0.05) is 30.6 Å². The summed E-state index contributed by atoms with van der Waals surface area (Å²) in [5.74, 6) is 0. The predicted octanol–water partition coefficient (Wildman–Crippen LogP) is 3.10. The van der Waals surface area contributed by atoms with E-state index in [1.807, 2.05) is 24.0 Å². The highest BCUT2D eigenvalue weighted by molar-refractivity contribution is 7.09. The van der Waals surface area contributed by atoms with Crippen LogP contribution >= 0.6 is 11.3 Å². The number of thiazole rings is 1. The zero-order chi connectivity index (χ0) is 14.5. The minimum Gasteiger partial charge on any atom is -0.329 e. The third kappa shape index (κ3) is 3.49. The Morgan fingerprint density at radius 3 is 3.00 bits per heavy atom. The van der Waals surface area contributed by atoms with E-state index < -0.39 is 0 Å². The van der Waals surface area contributed by atoms with E-state index in [0.29, 0.717) is 6.04 Å². The van der Waals surface area contributed by atoms with E-state index in [-0.39, 0.29) is 0 Å². The van der Waals surface area contributed by atoms with Gasteiger partial charge in [0.25, 0.3) is 0 Å². The van der Waals surface area contributed by atoms with Crippen molar-refractivity contribution in [3.05, 3.63) is 47.2 Å². The smallest absolute Gasteiger partial charge is 0.0958 e. The number of nitrogens with one attached hydrogen (secondary N) is 1. The number of rotatable bonds is 7. The third-order valence-corrected chi connectivity index (χ3v) is 4.33. The van der Waals surface area contributed by atoms with Crippen molar-refractivity contribution in [3.8, 4) is 0 Å². The molecule has 0 spiro atoms. The Labute approximate surface area is 128 Å². The van der Waals surface area contributed by atoms with Crippen molar-refractivity contribution < 1.29 is 0 Å². The minimum atomic E-state index is 0.383. The van der Waals surface area contributed by atoms with Gasteiger partial charge in [-0.1, -0.05) is 19.1 Å². The number of hydrogen-bond acceptors (Lipinski definition) is 4. The maximum atomic E-state index is 4.47. The Kier molecular flexibility index (Phi) is 4.62. The molecule has 4 nitrogen and oxygen atoms in total. The SMILES string of the molecule is CCCNC(Cc1nccs1)Cn1cnc2ccccc21. The van der Waals surface area contributed by atoms with Crippen LogP contribution in [-0.4, -0.2) is 27.1 Å². The Morgan fingerprint density at radius 1 is 1.29 bits per heavy atom. The average molecular weight is 300 g/mol. The molecule has 3 rings (SSSR count). The first kappa shape index (κ1) is 14.2. The van der Waals surface area contributed by atoms with E-state index in [1.165, 1.54) is 10.5 Å². The first-order valence-corrected chi connectivity index (χ1v) is 8.26. The molecule has 110 valence electrons. The highest BCUT2D eigenvalue weighted by atomic mass is 32.1. The topological polar surface area (TPSA) is 42.7 Å². The van der Waals surface area contributed by atoms with Crippen molar-refractivity contribution in [1.29, 1.82) is 0 Å². The molecule has 3 aromatic rings. The van der Waals surface area contributed by atoms with Crippen LogP contribution in [0.15, 0.2) is 42.2 Å². The van der Waals surface area contributed by atoms with Gasteiger partial charge in [-0.2, -0.15) is 0 Å². The molecule has 2 aromatic heterocycles. The van der Waals surface area contributed by atoms with Crippen LogP contribution in [0.3, 0.4) is 0 Å². The Balaban J connectivity index is 1.76. The Bertz CT molecular complexity index is 674. The zero-order valence-electron chi connectivity index (χ0n) is 12.2. The lowest BCUT2D eigenvalue weighted by atomic mass is 10.2. The molecule has 0 radical (unpaired) electrons. The summed E-state index contributed by atoms with van der Waals surface area (Å²) in [4.78, 5) is 8.88. The predicted molar refractivity (Wildman–Crippen MR) is 87.6 cm³/mol. The number of imidazole rings is 1. The highest BCUT2D eigenvalue weighted by Gasteiger charge is 2.13. The zero-order valence-corrected chi connectivity index (χ0v) is 13.0. The van der Waals surface area contributed by atoms with Crippen molar-refractivity contribution in [3.63, 3.8) is 0 Å². The molecule has 0 fully saturated rings. The van der Waals surface area contributed by atoms with Crippen molar-refractivity contribution in [2.75, 3.05) is 6.54 Å². The van der Waals surface area contributed by atoms with Crippen molar-refractivity contribution in [2.24, 2.45) is 0 Å². The van der Waals surface area contributed by atoms with Crippen LogP contribution in [0, 0.1) is 0 Å². The molecule has 0 amide bonds. The van der Waals surface area contributed by atoms with Crippen LogP contribution in [-0.2, 0) is 13.0 Å². The maximum absolute atomic E-state index is 4.47. The molecule has 5 heteroatoms. The lowest BCUT2D eigenvalue weighted by Crippen LogP contribution is -2.35. The van der Waals surface area contributed by atoms with Gasteiger partial charge >= 0.3 is 0 Å². The molecule has 0 saturated carbocycles. The normalized spacial score (nSPS) is 12.8. The molecule has 1 atom stereocenters. The lowest BCUT2D eigenvalue weighted by molar-refractivity contribution is 0.449. The van der Waals surface area contributed by atoms with Gasteiger partial charge in [-0.25, -0.2) is 9.97 Å². The van der Waals surface area contributed by atoms with E-state index in [1.54, 1.807) is 11.3 Å². The van der Waals surface area contributed by atoms with Gasteiger partial charge in [-0.05, 0) is 25.1 Å². The summed E-state index contributed by atoms with van der Waals surface area (Å²) in [6, 6.07) is 8.66. The summed E-state index contributed by atoms with van der Waals surface area (Å²) in [6.45, 7) is 4.14. The van der Waals surface area contributed by atoms with E-state index in [2.05, 4.69) is 45.0 Å². The van der Waals surface area contributed by atoms with E-state index in [4.69, 9.17) is 0 Å². The van der Waals surface area contributed by atoms with Crippen LogP contribution in [0.4, 0.5) is 0 Å². The minimum absolute atomic E-state index is 0.383. The van der Waals surface area contributed by atoms with Crippen molar-refractivity contribution >= 4 is 22.4 Å². The summed E-state index contributed by atoms with van der Waals surface area (Å²) in [7, 11) is 0. The number of nitrogens with zero attached hydrogens (tertiary/aromatic N) is 3. The molecule has 21 heavy (non-hydrogen) atoms. The van der Waals surface area contributed by atoms with Gasteiger partial charge in [0.15, 0.2) is 0 Å². The van der Waals surface area contributed by atoms with Crippen molar-refractivity contribution in [2.45, 2.75) is 32.4 Å². The highest BCUT2D eigenvalue weighted by Crippen LogP contribution is 2.14. The molecule has 0 bridgehead atoms. The monoisotopic (exact) mass is 300 g/mol. The fraction of sp³-hybridized carbons (Fsp3) is 0.375. The number of fused-ring (bicyclic) bond motifs is 1. The number of aromatic nitrogens is 3. The van der Waals surface area contributed by atoms with E-state index in [9.17, 15) is 0 Å². The molecule has 2 heterocycles. The van der Waals surface area contributed by atoms with Crippen molar-refractivity contribution in [1.82, 2.24) is 19.9 Å². The summed E-state index contributed by atoms with van der Waals surface area (Å²) >= 11 is 1.72. The standard InChI is InChI=1S/C16H20N4S/c1-2-7-17-13(10-16-18-8-9-21-16)11-20-12-19-14-5-3-4-6-15(14)20/h3-6,8-9,12-13,17H,2,7,10-11H2,1H3. The number of para-hydroxylation sites is 2. The molecular weight excluding hydrogens is 280 g/mol. The average Bonchev–Trinajstić information content (AvgIpc) is 3.15. The third-order valence-electron chi connectivity index (χ3n) is 3.53. The summed E-state index contributed by atoms with van der Waals surface area (Å²) < 4.78 is 2.23. The first-order valence-electron chi connectivity index (χ1n) is 7.38. The van der Waals surface area contributed by atoms with Gasteiger partial charge in [0.1, 0.15) is 0 Å². The van der Waals surface area contributed by atoms with Crippen LogP contribution in [0.25, 0.3) is 11.0 Å². The summed E-state index contributed by atoms with van der Waals surface area (Å²) in [5.41, 5.74) is 2.25. The molecule has 0 saturated heterocycles. The molecule has 0 aliphatic carbocycles. The molecule has 0 aliphatic rings. The molecule has 1 aromatic carbocycles. The number of hydrogen-bond donors (Lipinski definition) is 1. The number of benzene rings is 1. The largest absolute Gasteiger partial charge is 0.329 e. The van der Waals surface area contributed by atoms with Gasteiger partial charge in [0.2, 0.25) is 0 Å². The van der Waals surface area contributed by atoms with Gasteiger partial charge < -0.3 is 9.88 Å². The van der Waals surface area contributed by atoms with Crippen LogP contribution in [0.5, 0.6) is 0 Å². The summed E-state index contributed by atoms with van der Waals surface area (Å²) in [5, 5.41) is 6.86.